The molecule has 2 atom stereocenters. The second-order valence-corrected chi connectivity index (χ2v) is 6.82. The highest BCUT2D eigenvalue weighted by Crippen LogP contribution is 2.28. The molecule has 1 N–H and O–H groups in total. The predicted molar refractivity (Wildman–Crippen MR) is 89.6 cm³/mol. The topological polar surface area (TPSA) is 29.9 Å². The fourth-order valence-electron chi connectivity index (χ4n) is 3.43. The zero-order valence-corrected chi connectivity index (χ0v) is 14.1. The lowest BCUT2D eigenvalue weighted by Gasteiger charge is -2.24. The number of hydrogen-bond acceptors (Lipinski definition) is 2. The summed E-state index contributed by atoms with van der Waals surface area (Å²) in [5.74, 6) is 0.979. The van der Waals surface area contributed by atoms with E-state index in [-0.39, 0.29) is 0 Å². The highest BCUT2D eigenvalue weighted by atomic mass is 15.3. The number of rotatable bonds is 8. The van der Waals surface area contributed by atoms with Gasteiger partial charge in [0.05, 0.1) is 5.69 Å². The van der Waals surface area contributed by atoms with Crippen molar-refractivity contribution in [2.24, 2.45) is 5.92 Å². The van der Waals surface area contributed by atoms with Crippen LogP contribution in [0.4, 0.5) is 0 Å². The quantitative estimate of drug-likeness (QED) is 0.772. The second kappa shape index (κ2) is 8.57. The third-order valence-electron chi connectivity index (χ3n) is 5.22. The zero-order chi connectivity index (χ0) is 15.1. The molecule has 0 saturated heterocycles. The minimum atomic E-state index is 0.508. The van der Waals surface area contributed by atoms with Gasteiger partial charge in [-0.1, -0.05) is 39.0 Å². The SMILES string of the molecule is CCC(C)n1ccc(CC(CCC2CCCCC2)NC)n1. The van der Waals surface area contributed by atoms with Gasteiger partial charge < -0.3 is 5.32 Å². The van der Waals surface area contributed by atoms with Gasteiger partial charge in [0, 0.05) is 24.7 Å². The van der Waals surface area contributed by atoms with Crippen LogP contribution < -0.4 is 5.32 Å². The molecule has 0 spiro atoms. The van der Waals surface area contributed by atoms with Crippen LogP contribution in [0.15, 0.2) is 12.3 Å². The Balaban J connectivity index is 1.79. The van der Waals surface area contributed by atoms with Gasteiger partial charge in [-0.05, 0) is 45.2 Å². The maximum Gasteiger partial charge on any atom is 0.0640 e. The second-order valence-electron chi connectivity index (χ2n) is 6.82. The first kappa shape index (κ1) is 16.5. The average molecular weight is 291 g/mol. The van der Waals surface area contributed by atoms with Gasteiger partial charge in [0.2, 0.25) is 0 Å². The Hall–Kier alpha value is -0.830. The molecule has 1 heterocycles. The third kappa shape index (κ3) is 5.14. The lowest BCUT2D eigenvalue weighted by atomic mass is 9.85. The highest BCUT2D eigenvalue weighted by Gasteiger charge is 2.16. The van der Waals surface area contributed by atoms with Crippen molar-refractivity contribution in [3.8, 4) is 0 Å². The Kier molecular flexibility index (Phi) is 6.75. The van der Waals surface area contributed by atoms with Crippen molar-refractivity contribution in [1.82, 2.24) is 15.1 Å². The van der Waals surface area contributed by atoms with Gasteiger partial charge in [-0.25, -0.2) is 0 Å². The summed E-state index contributed by atoms with van der Waals surface area (Å²) in [4.78, 5) is 0. The zero-order valence-electron chi connectivity index (χ0n) is 14.1. The fourth-order valence-corrected chi connectivity index (χ4v) is 3.43. The molecule has 2 rings (SSSR count). The lowest BCUT2D eigenvalue weighted by Crippen LogP contribution is -2.28. The fraction of sp³-hybridized carbons (Fsp3) is 0.833. The predicted octanol–water partition coefficient (Wildman–Crippen LogP) is 4.35. The minimum absolute atomic E-state index is 0.508. The van der Waals surface area contributed by atoms with Crippen molar-refractivity contribution in [2.75, 3.05) is 7.05 Å². The van der Waals surface area contributed by atoms with Crippen molar-refractivity contribution in [1.29, 1.82) is 0 Å². The minimum Gasteiger partial charge on any atom is -0.317 e. The largest absolute Gasteiger partial charge is 0.317 e. The number of nitrogens with zero attached hydrogens (tertiary/aromatic N) is 2. The molecule has 3 nitrogen and oxygen atoms in total. The highest BCUT2D eigenvalue weighted by molar-refractivity contribution is 5.02. The molecular weight excluding hydrogens is 258 g/mol. The van der Waals surface area contributed by atoms with Crippen LogP contribution in [-0.2, 0) is 6.42 Å². The van der Waals surface area contributed by atoms with E-state index >= 15 is 0 Å². The van der Waals surface area contributed by atoms with E-state index in [1.165, 1.54) is 50.6 Å². The maximum atomic E-state index is 4.74. The molecule has 2 unspecified atom stereocenters. The van der Waals surface area contributed by atoms with Gasteiger partial charge in [-0.15, -0.1) is 0 Å². The molecule has 1 aromatic rings. The van der Waals surface area contributed by atoms with Gasteiger partial charge in [0.1, 0.15) is 0 Å². The van der Waals surface area contributed by atoms with Crippen molar-refractivity contribution < 1.29 is 0 Å². The van der Waals surface area contributed by atoms with E-state index in [9.17, 15) is 0 Å². The Morgan fingerprint density at radius 1 is 1.33 bits per heavy atom. The molecular formula is C18H33N3. The number of likely N-dealkylation sites (N-methyl/N-ethyl adjacent to an activating group) is 1. The van der Waals surface area contributed by atoms with E-state index in [1.807, 2.05) is 0 Å². The molecule has 1 fully saturated rings. The van der Waals surface area contributed by atoms with Crippen LogP contribution in [0.5, 0.6) is 0 Å². The van der Waals surface area contributed by atoms with E-state index in [0.717, 1.165) is 18.8 Å². The van der Waals surface area contributed by atoms with Crippen LogP contribution in [0.25, 0.3) is 0 Å². The molecule has 21 heavy (non-hydrogen) atoms. The summed E-state index contributed by atoms with van der Waals surface area (Å²) in [5.41, 5.74) is 1.23. The Morgan fingerprint density at radius 3 is 2.76 bits per heavy atom. The standard InChI is InChI=1S/C18H33N3/c1-4-15(2)21-13-12-18(20-21)14-17(19-3)11-10-16-8-6-5-7-9-16/h12-13,15-17,19H,4-11,14H2,1-3H3. The van der Waals surface area contributed by atoms with E-state index in [1.54, 1.807) is 0 Å². The summed E-state index contributed by atoms with van der Waals surface area (Å²) in [7, 11) is 2.09. The summed E-state index contributed by atoms with van der Waals surface area (Å²) in [6, 6.07) is 3.28. The van der Waals surface area contributed by atoms with E-state index in [2.05, 4.69) is 43.2 Å². The van der Waals surface area contributed by atoms with Gasteiger partial charge in [-0.2, -0.15) is 5.10 Å². The monoisotopic (exact) mass is 291 g/mol. The van der Waals surface area contributed by atoms with Gasteiger partial charge >= 0.3 is 0 Å². The smallest absolute Gasteiger partial charge is 0.0640 e. The van der Waals surface area contributed by atoms with Crippen LogP contribution >= 0.6 is 0 Å². The van der Waals surface area contributed by atoms with Gasteiger partial charge in [-0.3, -0.25) is 4.68 Å². The van der Waals surface area contributed by atoms with Crippen LogP contribution in [-0.4, -0.2) is 22.9 Å². The number of hydrogen-bond donors (Lipinski definition) is 1. The van der Waals surface area contributed by atoms with Gasteiger partial charge in [0.15, 0.2) is 0 Å². The first-order valence-corrected chi connectivity index (χ1v) is 8.94. The van der Waals surface area contributed by atoms with Crippen molar-refractivity contribution in [3.63, 3.8) is 0 Å². The number of nitrogens with one attached hydrogen (secondary N) is 1. The summed E-state index contributed by atoms with van der Waals surface area (Å²) in [6.45, 7) is 4.45. The molecule has 1 aromatic heterocycles. The Morgan fingerprint density at radius 2 is 2.10 bits per heavy atom. The maximum absolute atomic E-state index is 4.74. The number of aromatic nitrogens is 2. The molecule has 0 aromatic carbocycles. The third-order valence-corrected chi connectivity index (χ3v) is 5.22. The molecule has 3 heteroatoms. The molecule has 0 amide bonds. The van der Waals surface area contributed by atoms with Crippen LogP contribution in [0.1, 0.15) is 76.9 Å². The first-order chi connectivity index (χ1) is 10.2. The lowest BCUT2D eigenvalue weighted by molar-refractivity contribution is 0.315. The Bertz CT molecular complexity index is 393. The Labute approximate surface area is 130 Å². The molecule has 0 bridgehead atoms. The summed E-state index contributed by atoms with van der Waals surface area (Å²) in [6.07, 6.45) is 14.3. The average Bonchev–Trinajstić information content (AvgIpc) is 3.00. The van der Waals surface area contributed by atoms with Crippen LogP contribution in [0.2, 0.25) is 0 Å². The molecule has 0 aliphatic heterocycles. The molecule has 1 aliphatic carbocycles. The van der Waals surface area contributed by atoms with Gasteiger partial charge in [0.25, 0.3) is 0 Å². The van der Waals surface area contributed by atoms with Crippen molar-refractivity contribution >= 4 is 0 Å². The normalized spacial score (nSPS) is 19.6. The van der Waals surface area contributed by atoms with E-state index in [4.69, 9.17) is 5.10 Å². The van der Waals surface area contributed by atoms with E-state index < -0.39 is 0 Å². The van der Waals surface area contributed by atoms with Crippen molar-refractivity contribution in [2.45, 2.75) is 83.7 Å². The molecule has 1 aliphatic rings. The summed E-state index contributed by atoms with van der Waals surface area (Å²) in [5, 5.41) is 8.23. The first-order valence-electron chi connectivity index (χ1n) is 8.94. The van der Waals surface area contributed by atoms with Crippen molar-refractivity contribution in [3.05, 3.63) is 18.0 Å². The van der Waals surface area contributed by atoms with Crippen LogP contribution in [0, 0.1) is 5.92 Å². The van der Waals surface area contributed by atoms with E-state index in [0.29, 0.717) is 12.1 Å². The summed E-state index contributed by atoms with van der Waals surface area (Å²) < 4.78 is 2.11. The molecule has 0 radical (unpaired) electrons. The molecule has 1 saturated carbocycles. The molecule has 120 valence electrons. The summed E-state index contributed by atoms with van der Waals surface area (Å²) >= 11 is 0. The van der Waals surface area contributed by atoms with Crippen LogP contribution in [0.3, 0.4) is 0 Å².